The van der Waals surface area contributed by atoms with Crippen molar-refractivity contribution in [1.82, 2.24) is 4.72 Å². The first-order chi connectivity index (χ1) is 11.6. The molecule has 0 atom stereocenters. The Hall–Kier alpha value is -1.90. The Morgan fingerprint density at radius 1 is 0.960 bits per heavy atom. The molecule has 2 aromatic rings. The first-order valence-corrected chi connectivity index (χ1v) is 11.0. The minimum atomic E-state index is -3.69. The molecule has 0 bridgehead atoms. The Bertz CT molecular complexity index is 954. The average molecular weight is 383 g/mol. The molecule has 25 heavy (non-hydrogen) atoms. The van der Waals surface area contributed by atoms with E-state index in [-0.39, 0.29) is 18.0 Å². The van der Waals surface area contributed by atoms with E-state index >= 15 is 0 Å². The van der Waals surface area contributed by atoms with Crippen molar-refractivity contribution < 1.29 is 16.8 Å². The van der Waals surface area contributed by atoms with E-state index in [1.165, 1.54) is 10.4 Å². The molecule has 8 heteroatoms. The largest absolute Gasteiger partial charge is 0.269 e. The molecule has 0 heterocycles. The SMILES string of the molecule is Cc1cccc(S(=O)(=O)NCCN(c2ccccc2C)S(C)(=O)=O)c1. The highest BCUT2D eigenvalue weighted by atomic mass is 32.2. The van der Waals surface area contributed by atoms with Gasteiger partial charge < -0.3 is 0 Å². The molecule has 0 saturated carbocycles. The second-order valence-electron chi connectivity index (χ2n) is 5.84. The lowest BCUT2D eigenvalue weighted by molar-refractivity contribution is 0.578. The summed E-state index contributed by atoms with van der Waals surface area (Å²) in [6.07, 6.45) is 1.11. The van der Waals surface area contributed by atoms with Crippen LogP contribution >= 0.6 is 0 Å². The molecule has 0 aliphatic rings. The summed E-state index contributed by atoms with van der Waals surface area (Å²) < 4.78 is 52.6. The number of sulfonamides is 2. The van der Waals surface area contributed by atoms with Gasteiger partial charge in [-0.25, -0.2) is 21.6 Å². The predicted molar refractivity (Wildman–Crippen MR) is 99.7 cm³/mol. The zero-order valence-corrected chi connectivity index (χ0v) is 16.1. The van der Waals surface area contributed by atoms with Gasteiger partial charge in [-0.05, 0) is 43.2 Å². The number of nitrogens with zero attached hydrogens (tertiary/aromatic N) is 1. The number of hydrogen-bond acceptors (Lipinski definition) is 4. The number of rotatable bonds is 7. The molecule has 0 unspecified atom stereocenters. The quantitative estimate of drug-likeness (QED) is 0.794. The van der Waals surface area contributed by atoms with Gasteiger partial charge in [0.1, 0.15) is 0 Å². The maximum atomic E-state index is 12.3. The van der Waals surface area contributed by atoms with Crippen molar-refractivity contribution >= 4 is 25.7 Å². The highest BCUT2D eigenvalue weighted by Gasteiger charge is 2.20. The van der Waals surface area contributed by atoms with Crippen LogP contribution in [0, 0.1) is 13.8 Å². The van der Waals surface area contributed by atoms with E-state index in [2.05, 4.69) is 4.72 Å². The molecule has 2 rings (SSSR count). The number of hydrogen-bond donors (Lipinski definition) is 1. The lowest BCUT2D eigenvalue weighted by Crippen LogP contribution is -2.38. The number of para-hydroxylation sites is 1. The Kier molecular flexibility index (Phi) is 5.87. The second-order valence-corrected chi connectivity index (χ2v) is 9.51. The van der Waals surface area contributed by atoms with Crippen LogP contribution in [-0.4, -0.2) is 36.2 Å². The van der Waals surface area contributed by atoms with Gasteiger partial charge in [-0.2, -0.15) is 0 Å². The van der Waals surface area contributed by atoms with Gasteiger partial charge in [-0.3, -0.25) is 4.31 Å². The summed E-state index contributed by atoms with van der Waals surface area (Å²) in [5.74, 6) is 0. The Morgan fingerprint density at radius 3 is 2.24 bits per heavy atom. The van der Waals surface area contributed by atoms with E-state index in [4.69, 9.17) is 0 Å². The van der Waals surface area contributed by atoms with Crippen LogP contribution < -0.4 is 9.03 Å². The van der Waals surface area contributed by atoms with Gasteiger partial charge in [-0.1, -0.05) is 30.3 Å². The molecular weight excluding hydrogens is 360 g/mol. The van der Waals surface area contributed by atoms with Crippen molar-refractivity contribution in [3.05, 3.63) is 59.7 Å². The monoisotopic (exact) mass is 382 g/mol. The van der Waals surface area contributed by atoms with Crippen LogP contribution in [0.3, 0.4) is 0 Å². The molecule has 136 valence electrons. The standard InChI is InChI=1S/C17H22N2O4S2/c1-14-7-6-9-16(13-14)25(22,23)18-11-12-19(24(3,20)21)17-10-5-4-8-15(17)2/h4-10,13,18H,11-12H2,1-3H3. The van der Waals surface area contributed by atoms with Gasteiger partial charge in [0.2, 0.25) is 20.0 Å². The number of nitrogens with one attached hydrogen (secondary N) is 1. The highest BCUT2D eigenvalue weighted by Crippen LogP contribution is 2.21. The van der Waals surface area contributed by atoms with E-state index in [0.29, 0.717) is 5.69 Å². The molecule has 0 fully saturated rings. The minimum Gasteiger partial charge on any atom is -0.269 e. The summed E-state index contributed by atoms with van der Waals surface area (Å²) in [5.41, 5.74) is 2.18. The molecule has 0 radical (unpaired) electrons. The van der Waals surface area contributed by atoms with E-state index in [9.17, 15) is 16.8 Å². The average Bonchev–Trinajstić information content (AvgIpc) is 2.51. The van der Waals surface area contributed by atoms with Crippen molar-refractivity contribution in [3.63, 3.8) is 0 Å². The molecule has 6 nitrogen and oxygen atoms in total. The van der Waals surface area contributed by atoms with Crippen LogP contribution in [-0.2, 0) is 20.0 Å². The maximum absolute atomic E-state index is 12.3. The van der Waals surface area contributed by atoms with Crippen LogP contribution in [0.4, 0.5) is 5.69 Å². The van der Waals surface area contributed by atoms with Gasteiger partial charge in [0.15, 0.2) is 0 Å². The summed E-state index contributed by atoms with van der Waals surface area (Å²) in [6.45, 7) is 3.60. The number of benzene rings is 2. The molecule has 0 saturated heterocycles. The van der Waals surface area contributed by atoms with Gasteiger partial charge in [0, 0.05) is 13.1 Å². The lowest BCUT2D eigenvalue weighted by Gasteiger charge is -2.24. The van der Waals surface area contributed by atoms with Crippen molar-refractivity contribution in [1.29, 1.82) is 0 Å². The first-order valence-electron chi connectivity index (χ1n) is 7.71. The Labute approximate surface area is 149 Å². The molecule has 0 aromatic heterocycles. The predicted octanol–water partition coefficient (Wildman–Crippen LogP) is 2.05. The van der Waals surface area contributed by atoms with Crippen LogP contribution in [0.5, 0.6) is 0 Å². The van der Waals surface area contributed by atoms with Crippen molar-refractivity contribution in [2.45, 2.75) is 18.7 Å². The first kappa shape index (κ1) is 19.4. The fourth-order valence-electron chi connectivity index (χ4n) is 2.46. The van der Waals surface area contributed by atoms with E-state index < -0.39 is 20.0 Å². The molecule has 0 aliphatic heterocycles. The minimum absolute atomic E-state index is 0.00866. The van der Waals surface area contributed by atoms with Crippen molar-refractivity contribution in [3.8, 4) is 0 Å². The van der Waals surface area contributed by atoms with Gasteiger partial charge in [0.25, 0.3) is 0 Å². The van der Waals surface area contributed by atoms with Crippen LogP contribution in [0.25, 0.3) is 0 Å². The molecule has 1 N–H and O–H groups in total. The van der Waals surface area contributed by atoms with E-state index in [1.54, 1.807) is 24.3 Å². The molecule has 0 aliphatic carbocycles. The van der Waals surface area contributed by atoms with Crippen molar-refractivity contribution in [2.75, 3.05) is 23.7 Å². The van der Waals surface area contributed by atoms with Gasteiger partial charge in [0.05, 0.1) is 16.8 Å². The fourth-order valence-corrected chi connectivity index (χ4v) is 4.57. The van der Waals surface area contributed by atoms with Crippen molar-refractivity contribution in [2.24, 2.45) is 0 Å². The lowest BCUT2D eigenvalue weighted by atomic mass is 10.2. The molecule has 0 amide bonds. The third kappa shape index (κ3) is 5.04. The van der Waals surface area contributed by atoms with Crippen LogP contribution in [0.15, 0.2) is 53.4 Å². The summed E-state index contributed by atoms with van der Waals surface area (Å²) in [5, 5.41) is 0. The highest BCUT2D eigenvalue weighted by molar-refractivity contribution is 7.92. The smallest absolute Gasteiger partial charge is 0.240 e. The summed E-state index contributed by atoms with van der Waals surface area (Å²) in [4.78, 5) is 0.161. The fraction of sp³-hybridized carbons (Fsp3) is 0.294. The van der Waals surface area contributed by atoms with E-state index in [1.807, 2.05) is 32.0 Å². The molecule has 0 spiro atoms. The molecular formula is C17H22N2O4S2. The third-order valence-corrected chi connectivity index (χ3v) is 6.33. The topological polar surface area (TPSA) is 83.6 Å². The zero-order chi connectivity index (χ0) is 18.7. The summed E-state index contributed by atoms with van der Waals surface area (Å²) in [7, 11) is -7.22. The third-order valence-electron chi connectivity index (χ3n) is 3.69. The Balaban J connectivity index is 2.16. The van der Waals surface area contributed by atoms with Crippen LogP contribution in [0.1, 0.15) is 11.1 Å². The molecule has 2 aromatic carbocycles. The summed E-state index contributed by atoms with van der Waals surface area (Å²) in [6, 6.07) is 13.6. The maximum Gasteiger partial charge on any atom is 0.240 e. The normalized spacial score (nSPS) is 12.1. The Morgan fingerprint density at radius 2 is 1.64 bits per heavy atom. The van der Waals surface area contributed by atoms with Gasteiger partial charge in [-0.15, -0.1) is 0 Å². The zero-order valence-electron chi connectivity index (χ0n) is 14.4. The number of aryl methyl sites for hydroxylation is 2. The van der Waals surface area contributed by atoms with E-state index in [0.717, 1.165) is 17.4 Å². The second kappa shape index (κ2) is 7.55. The number of anilines is 1. The van der Waals surface area contributed by atoms with Gasteiger partial charge >= 0.3 is 0 Å². The van der Waals surface area contributed by atoms with Crippen LogP contribution in [0.2, 0.25) is 0 Å². The summed E-state index contributed by atoms with van der Waals surface area (Å²) >= 11 is 0.